The van der Waals surface area contributed by atoms with Gasteiger partial charge in [-0.1, -0.05) is 19.9 Å². The first kappa shape index (κ1) is 9.51. The summed E-state index contributed by atoms with van der Waals surface area (Å²) in [5.74, 6) is 0.649. The van der Waals surface area contributed by atoms with Crippen LogP contribution in [-0.4, -0.2) is 21.6 Å². The van der Waals surface area contributed by atoms with Gasteiger partial charge in [-0.3, -0.25) is 0 Å². The third-order valence-corrected chi connectivity index (χ3v) is 1.46. The Bertz CT molecular complexity index is 333. The predicted octanol–water partition coefficient (Wildman–Crippen LogP) is 1.80. The van der Waals surface area contributed by atoms with Crippen LogP contribution in [0.5, 0.6) is 0 Å². The Morgan fingerprint density at radius 3 is 2.69 bits per heavy atom. The third kappa shape index (κ3) is 1.96. The molecule has 0 saturated carbocycles. The van der Waals surface area contributed by atoms with Crippen molar-refractivity contribution in [1.29, 1.82) is 0 Å². The summed E-state index contributed by atoms with van der Waals surface area (Å²) < 4.78 is 1.73. The first-order chi connectivity index (χ1) is 6.40. The monoisotopic (exact) mass is 178 g/mol. The van der Waals surface area contributed by atoms with Crippen LogP contribution in [0.4, 0.5) is 5.95 Å². The van der Waals surface area contributed by atoms with Gasteiger partial charge >= 0.3 is 0 Å². The summed E-state index contributed by atoms with van der Waals surface area (Å²) in [6.45, 7) is 4.00. The molecule has 0 unspecified atom stereocenters. The summed E-state index contributed by atoms with van der Waals surface area (Å²) in [5, 5.41) is 7.00. The predicted molar refractivity (Wildman–Crippen MR) is 53.9 cm³/mol. The number of aromatic nitrogens is 3. The normalized spacial score (nSPS) is 9.15. The van der Waals surface area contributed by atoms with Gasteiger partial charge in [0, 0.05) is 13.2 Å². The molecule has 1 N–H and O–H groups in total. The van der Waals surface area contributed by atoms with Crippen molar-refractivity contribution in [2.45, 2.75) is 13.8 Å². The molecular weight excluding hydrogens is 164 g/mol. The molecule has 0 aliphatic carbocycles. The Balaban J connectivity index is 0.000000396. The number of pyridine rings is 1. The Kier molecular flexibility index (Phi) is 3.25. The van der Waals surface area contributed by atoms with Crippen molar-refractivity contribution >= 4 is 11.6 Å². The van der Waals surface area contributed by atoms with Gasteiger partial charge in [-0.05, 0) is 12.1 Å². The molecule has 0 saturated heterocycles. The molecule has 0 atom stereocenters. The molecule has 0 aromatic carbocycles. The molecule has 2 aromatic heterocycles. The van der Waals surface area contributed by atoms with Gasteiger partial charge in [0.05, 0.1) is 0 Å². The largest absolute Gasteiger partial charge is 0.356 e. The Morgan fingerprint density at radius 1 is 1.31 bits per heavy atom. The zero-order valence-electron chi connectivity index (χ0n) is 8.15. The Hall–Kier alpha value is -1.58. The molecular formula is C9H14N4. The SMILES string of the molecule is CC.CNc1nc2ccccn2n1. The van der Waals surface area contributed by atoms with E-state index in [1.807, 2.05) is 38.2 Å². The van der Waals surface area contributed by atoms with Crippen molar-refractivity contribution in [3.05, 3.63) is 24.4 Å². The maximum absolute atomic E-state index is 4.17. The van der Waals surface area contributed by atoms with E-state index < -0.39 is 0 Å². The van der Waals surface area contributed by atoms with Gasteiger partial charge in [0.15, 0.2) is 5.65 Å². The van der Waals surface area contributed by atoms with Crippen LogP contribution < -0.4 is 5.32 Å². The lowest BCUT2D eigenvalue weighted by Crippen LogP contribution is -1.90. The Labute approximate surface area is 77.6 Å². The summed E-state index contributed by atoms with van der Waals surface area (Å²) in [5.41, 5.74) is 0.858. The van der Waals surface area contributed by atoms with Gasteiger partial charge in [-0.25, -0.2) is 4.52 Å². The van der Waals surface area contributed by atoms with Crippen molar-refractivity contribution in [1.82, 2.24) is 14.6 Å². The minimum absolute atomic E-state index is 0.649. The lowest BCUT2D eigenvalue weighted by molar-refractivity contribution is 0.963. The van der Waals surface area contributed by atoms with Crippen LogP contribution in [-0.2, 0) is 0 Å². The molecule has 13 heavy (non-hydrogen) atoms. The standard InChI is InChI=1S/C7H8N4.C2H6/c1-8-7-9-6-4-2-3-5-11(6)10-7;1-2/h2-5H,1H3,(H,8,10);1-2H3. The van der Waals surface area contributed by atoms with Gasteiger partial charge in [0.25, 0.3) is 0 Å². The van der Waals surface area contributed by atoms with Crippen molar-refractivity contribution < 1.29 is 0 Å². The first-order valence-electron chi connectivity index (χ1n) is 4.39. The van der Waals surface area contributed by atoms with Gasteiger partial charge in [-0.2, -0.15) is 4.98 Å². The highest BCUT2D eigenvalue weighted by atomic mass is 15.3. The smallest absolute Gasteiger partial charge is 0.242 e. The second-order valence-electron chi connectivity index (χ2n) is 2.19. The van der Waals surface area contributed by atoms with Crippen LogP contribution in [0.3, 0.4) is 0 Å². The number of rotatable bonds is 1. The summed E-state index contributed by atoms with van der Waals surface area (Å²) in [6.07, 6.45) is 1.86. The molecule has 2 aromatic rings. The fourth-order valence-corrected chi connectivity index (χ4v) is 0.937. The van der Waals surface area contributed by atoms with E-state index in [1.165, 1.54) is 0 Å². The van der Waals surface area contributed by atoms with Crippen molar-refractivity contribution in [2.75, 3.05) is 12.4 Å². The molecule has 0 bridgehead atoms. The molecule has 4 nitrogen and oxygen atoms in total. The molecule has 4 heteroatoms. The zero-order chi connectivity index (χ0) is 9.68. The topological polar surface area (TPSA) is 42.2 Å². The van der Waals surface area contributed by atoms with Crippen molar-refractivity contribution in [3.8, 4) is 0 Å². The quantitative estimate of drug-likeness (QED) is 0.724. The second kappa shape index (κ2) is 4.45. The highest BCUT2D eigenvalue weighted by molar-refractivity contribution is 5.42. The van der Waals surface area contributed by atoms with E-state index >= 15 is 0 Å². The molecule has 0 fully saturated rings. The summed E-state index contributed by atoms with van der Waals surface area (Å²) in [7, 11) is 1.80. The maximum Gasteiger partial charge on any atom is 0.242 e. The number of nitrogens with zero attached hydrogens (tertiary/aromatic N) is 3. The summed E-state index contributed by atoms with van der Waals surface area (Å²) >= 11 is 0. The molecule has 0 aliphatic rings. The van der Waals surface area contributed by atoms with E-state index in [0.29, 0.717) is 5.95 Å². The van der Waals surface area contributed by atoms with Gasteiger partial charge in [0.2, 0.25) is 5.95 Å². The highest BCUT2D eigenvalue weighted by Crippen LogP contribution is 2.02. The molecule has 70 valence electrons. The molecule has 2 heterocycles. The molecule has 2 rings (SSSR count). The minimum Gasteiger partial charge on any atom is -0.356 e. The van der Waals surface area contributed by atoms with Crippen molar-refractivity contribution in [3.63, 3.8) is 0 Å². The first-order valence-corrected chi connectivity index (χ1v) is 4.39. The van der Waals surface area contributed by atoms with E-state index in [-0.39, 0.29) is 0 Å². The van der Waals surface area contributed by atoms with Crippen molar-refractivity contribution in [2.24, 2.45) is 0 Å². The average molecular weight is 178 g/mol. The van der Waals surface area contributed by atoms with Crippen LogP contribution in [0.1, 0.15) is 13.8 Å². The minimum atomic E-state index is 0.649. The zero-order valence-corrected chi connectivity index (χ0v) is 8.15. The lowest BCUT2D eigenvalue weighted by Gasteiger charge is -1.85. The molecule has 0 amide bonds. The van der Waals surface area contributed by atoms with Gasteiger partial charge in [-0.15, -0.1) is 5.10 Å². The van der Waals surface area contributed by atoms with E-state index in [0.717, 1.165) is 5.65 Å². The molecule has 0 spiro atoms. The maximum atomic E-state index is 4.17. The average Bonchev–Trinajstić information content (AvgIpc) is 2.63. The fourth-order valence-electron chi connectivity index (χ4n) is 0.937. The second-order valence-corrected chi connectivity index (χ2v) is 2.19. The third-order valence-electron chi connectivity index (χ3n) is 1.46. The fraction of sp³-hybridized carbons (Fsp3) is 0.333. The lowest BCUT2D eigenvalue weighted by atomic mass is 10.5. The van der Waals surface area contributed by atoms with E-state index in [4.69, 9.17) is 0 Å². The number of hydrogen-bond acceptors (Lipinski definition) is 3. The van der Waals surface area contributed by atoms with E-state index in [2.05, 4.69) is 15.4 Å². The summed E-state index contributed by atoms with van der Waals surface area (Å²) in [6, 6.07) is 5.76. The van der Waals surface area contributed by atoms with E-state index in [1.54, 1.807) is 11.6 Å². The van der Waals surface area contributed by atoms with Crippen LogP contribution >= 0.6 is 0 Å². The number of hydrogen-bond donors (Lipinski definition) is 1. The van der Waals surface area contributed by atoms with Crippen LogP contribution in [0.2, 0.25) is 0 Å². The van der Waals surface area contributed by atoms with E-state index in [9.17, 15) is 0 Å². The highest BCUT2D eigenvalue weighted by Gasteiger charge is 1.97. The number of fused-ring (bicyclic) bond motifs is 1. The number of anilines is 1. The van der Waals surface area contributed by atoms with Gasteiger partial charge < -0.3 is 5.32 Å². The molecule has 0 aliphatic heterocycles. The van der Waals surface area contributed by atoms with Crippen LogP contribution in [0.15, 0.2) is 24.4 Å². The number of nitrogens with one attached hydrogen (secondary N) is 1. The summed E-state index contributed by atoms with van der Waals surface area (Å²) in [4.78, 5) is 4.17. The Morgan fingerprint density at radius 2 is 2.08 bits per heavy atom. The van der Waals surface area contributed by atoms with Gasteiger partial charge in [0.1, 0.15) is 0 Å². The molecule has 0 radical (unpaired) electrons. The van der Waals surface area contributed by atoms with Crippen LogP contribution in [0, 0.1) is 0 Å². The van der Waals surface area contributed by atoms with Crippen LogP contribution in [0.25, 0.3) is 5.65 Å².